The summed E-state index contributed by atoms with van der Waals surface area (Å²) in [5.74, 6) is 0.385. The van der Waals surface area contributed by atoms with Gasteiger partial charge in [-0.25, -0.2) is 4.98 Å². The van der Waals surface area contributed by atoms with Crippen molar-refractivity contribution in [3.8, 4) is 22.7 Å². The lowest BCUT2D eigenvalue weighted by Crippen LogP contribution is -2.40. The number of carbonyl (C=O) groups excluding carboxylic acids is 2. The Morgan fingerprint density at radius 3 is 2.32 bits per heavy atom. The van der Waals surface area contributed by atoms with E-state index in [1.165, 1.54) is 4.90 Å². The molecule has 2 amide bonds. The SMILES string of the molecule is COCCN(CC(=O)Nc1nc(-c2ccc(Cl)cc2)cn1-c1ccc(OC)cc1)C(=O)c1ccccc1. The number of amides is 2. The lowest BCUT2D eigenvalue weighted by atomic mass is 10.2. The first-order chi connectivity index (χ1) is 18.0. The third kappa shape index (κ3) is 6.55. The number of carbonyl (C=O) groups is 2. The zero-order valence-electron chi connectivity index (χ0n) is 20.6. The molecule has 0 unspecified atom stereocenters. The minimum absolute atomic E-state index is 0.164. The average Bonchev–Trinajstić information content (AvgIpc) is 3.35. The highest BCUT2D eigenvalue weighted by Gasteiger charge is 2.21. The van der Waals surface area contributed by atoms with Crippen LogP contribution in [0, 0.1) is 0 Å². The summed E-state index contributed by atoms with van der Waals surface area (Å²) >= 11 is 6.05. The zero-order chi connectivity index (χ0) is 26.2. The molecule has 0 fully saturated rings. The Balaban J connectivity index is 1.61. The lowest BCUT2D eigenvalue weighted by molar-refractivity contribution is -0.117. The summed E-state index contributed by atoms with van der Waals surface area (Å²) in [5.41, 5.74) is 2.77. The van der Waals surface area contributed by atoms with Gasteiger partial charge in [0.1, 0.15) is 12.3 Å². The van der Waals surface area contributed by atoms with Gasteiger partial charge in [-0.3, -0.25) is 19.5 Å². The summed E-state index contributed by atoms with van der Waals surface area (Å²) in [6.07, 6.45) is 1.83. The maximum Gasteiger partial charge on any atom is 0.254 e. The minimum Gasteiger partial charge on any atom is -0.497 e. The summed E-state index contributed by atoms with van der Waals surface area (Å²) < 4.78 is 12.2. The smallest absolute Gasteiger partial charge is 0.254 e. The van der Waals surface area contributed by atoms with Crippen LogP contribution in [0.5, 0.6) is 5.75 Å². The predicted octanol–water partition coefficient (Wildman–Crippen LogP) is 4.93. The number of nitrogens with zero attached hydrogens (tertiary/aromatic N) is 3. The van der Waals surface area contributed by atoms with Gasteiger partial charge in [-0.05, 0) is 48.5 Å². The Hall–Kier alpha value is -4.14. The van der Waals surface area contributed by atoms with Gasteiger partial charge >= 0.3 is 0 Å². The molecular formula is C28H27ClN4O4. The normalized spacial score (nSPS) is 10.7. The second-order valence-electron chi connectivity index (χ2n) is 8.16. The largest absolute Gasteiger partial charge is 0.497 e. The highest BCUT2D eigenvalue weighted by atomic mass is 35.5. The average molecular weight is 519 g/mol. The fourth-order valence-corrected chi connectivity index (χ4v) is 3.85. The van der Waals surface area contributed by atoms with Crippen LogP contribution in [0.4, 0.5) is 5.95 Å². The van der Waals surface area contributed by atoms with E-state index in [9.17, 15) is 9.59 Å². The van der Waals surface area contributed by atoms with Crippen LogP contribution in [-0.4, -0.2) is 60.2 Å². The number of halogens is 1. The molecule has 37 heavy (non-hydrogen) atoms. The van der Waals surface area contributed by atoms with Gasteiger partial charge in [0, 0.05) is 41.7 Å². The molecule has 3 aromatic carbocycles. The van der Waals surface area contributed by atoms with E-state index < -0.39 is 0 Å². The molecule has 0 saturated heterocycles. The molecule has 1 heterocycles. The number of hydrogen-bond donors (Lipinski definition) is 1. The van der Waals surface area contributed by atoms with Crippen molar-refractivity contribution in [2.75, 3.05) is 39.2 Å². The van der Waals surface area contributed by atoms with Crippen molar-refractivity contribution >= 4 is 29.4 Å². The third-order valence-corrected chi connectivity index (χ3v) is 5.91. The van der Waals surface area contributed by atoms with Crippen molar-refractivity contribution in [3.63, 3.8) is 0 Å². The standard InChI is InChI=1S/C28H27ClN4O4/c1-36-17-16-32(27(35)21-6-4-3-5-7-21)19-26(34)31-28-30-25(20-8-10-22(29)11-9-20)18-33(28)23-12-14-24(37-2)15-13-23/h3-15,18H,16-17,19H2,1-2H3,(H,30,31,34). The van der Waals surface area contributed by atoms with Crippen LogP contribution in [0.15, 0.2) is 85.1 Å². The van der Waals surface area contributed by atoms with Gasteiger partial charge in [0.25, 0.3) is 5.91 Å². The van der Waals surface area contributed by atoms with E-state index >= 15 is 0 Å². The molecule has 0 spiro atoms. The van der Waals surface area contributed by atoms with Gasteiger partial charge in [0.15, 0.2) is 0 Å². The molecule has 0 bridgehead atoms. The van der Waals surface area contributed by atoms with Gasteiger partial charge in [-0.2, -0.15) is 0 Å². The van der Waals surface area contributed by atoms with E-state index in [4.69, 9.17) is 21.1 Å². The third-order valence-electron chi connectivity index (χ3n) is 5.66. The van der Waals surface area contributed by atoms with E-state index in [-0.39, 0.29) is 24.9 Å². The number of anilines is 1. The van der Waals surface area contributed by atoms with Crippen molar-refractivity contribution in [3.05, 3.63) is 95.6 Å². The Morgan fingerprint density at radius 1 is 0.973 bits per heavy atom. The molecule has 0 aliphatic rings. The molecule has 1 N–H and O–H groups in total. The van der Waals surface area contributed by atoms with E-state index in [1.54, 1.807) is 55.2 Å². The molecule has 9 heteroatoms. The van der Waals surface area contributed by atoms with E-state index in [0.29, 0.717) is 34.6 Å². The van der Waals surface area contributed by atoms with Gasteiger partial charge in [-0.15, -0.1) is 0 Å². The number of rotatable bonds is 10. The van der Waals surface area contributed by atoms with Gasteiger partial charge in [0.2, 0.25) is 11.9 Å². The van der Waals surface area contributed by atoms with Crippen LogP contribution in [0.1, 0.15) is 10.4 Å². The van der Waals surface area contributed by atoms with Crippen molar-refractivity contribution in [1.29, 1.82) is 0 Å². The number of nitrogens with one attached hydrogen (secondary N) is 1. The topological polar surface area (TPSA) is 85.7 Å². The summed E-state index contributed by atoms with van der Waals surface area (Å²) in [6.45, 7) is 0.399. The second-order valence-corrected chi connectivity index (χ2v) is 8.59. The molecule has 8 nitrogen and oxygen atoms in total. The van der Waals surface area contributed by atoms with Crippen LogP contribution in [0.3, 0.4) is 0 Å². The molecule has 190 valence electrons. The van der Waals surface area contributed by atoms with Gasteiger partial charge in [0.05, 0.1) is 19.4 Å². The zero-order valence-corrected chi connectivity index (χ0v) is 21.3. The van der Waals surface area contributed by atoms with E-state index in [0.717, 1.165) is 11.3 Å². The molecular weight excluding hydrogens is 492 g/mol. The maximum absolute atomic E-state index is 13.2. The van der Waals surface area contributed by atoms with Crippen molar-refractivity contribution in [1.82, 2.24) is 14.5 Å². The molecule has 4 aromatic rings. The quantitative estimate of drug-likeness (QED) is 0.322. The number of methoxy groups -OCH3 is 2. The highest BCUT2D eigenvalue weighted by Crippen LogP contribution is 2.26. The molecule has 0 aliphatic carbocycles. The van der Waals surface area contributed by atoms with Crippen LogP contribution >= 0.6 is 11.6 Å². The highest BCUT2D eigenvalue weighted by molar-refractivity contribution is 6.30. The number of ether oxygens (including phenoxy) is 2. The Bertz CT molecular complexity index is 1340. The molecule has 0 radical (unpaired) electrons. The molecule has 0 atom stereocenters. The van der Waals surface area contributed by atoms with Crippen molar-refractivity contribution < 1.29 is 19.1 Å². The Kier molecular flexibility index (Phi) is 8.56. The first kappa shape index (κ1) is 25.9. The Morgan fingerprint density at radius 2 is 1.68 bits per heavy atom. The number of benzene rings is 3. The summed E-state index contributed by atoms with van der Waals surface area (Å²) in [4.78, 5) is 32.3. The molecule has 0 aliphatic heterocycles. The van der Waals surface area contributed by atoms with Crippen LogP contribution in [0.2, 0.25) is 5.02 Å². The molecule has 0 saturated carbocycles. The molecule has 1 aromatic heterocycles. The Labute approximate surface area is 220 Å². The van der Waals surface area contributed by atoms with Gasteiger partial charge in [-0.1, -0.05) is 41.9 Å². The minimum atomic E-state index is -0.386. The monoisotopic (exact) mass is 518 g/mol. The fourth-order valence-electron chi connectivity index (χ4n) is 3.72. The van der Waals surface area contributed by atoms with Crippen molar-refractivity contribution in [2.24, 2.45) is 0 Å². The first-order valence-electron chi connectivity index (χ1n) is 11.6. The number of imidazole rings is 1. The predicted molar refractivity (Wildman–Crippen MR) is 143 cm³/mol. The maximum atomic E-state index is 13.2. The molecule has 4 rings (SSSR count). The fraction of sp³-hybridized carbons (Fsp3) is 0.179. The van der Waals surface area contributed by atoms with Crippen LogP contribution in [-0.2, 0) is 9.53 Å². The van der Waals surface area contributed by atoms with Gasteiger partial charge < -0.3 is 14.4 Å². The number of aromatic nitrogens is 2. The first-order valence-corrected chi connectivity index (χ1v) is 12.0. The van der Waals surface area contributed by atoms with E-state index in [2.05, 4.69) is 10.3 Å². The van der Waals surface area contributed by atoms with E-state index in [1.807, 2.05) is 48.7 Å². The summed E-state index contributed by atoms with van der Waals surface area (Å²) in [6, 6.07) is 23.5. The second kappa shape index (κ2) is 12.2. The van der Waals surface area contributed by atoms with Crippen molar-refractivity contribution in [2.45, 2.75) is 0 Å². The lowest BCUT2D eigenvalue weighted by Gasteiger charge is -2.22. The van der Waals surface area contributed by atoms with Crippen LogP contribution < -0.4 is 10.1 Å². The number of hydrogen-bond acceptors (Lipinski definition) is 5. The summed E-state index contributed by atoms with van der Waals surface area (Å²) in [5, 5.41) is 3.49. The van der Waals surface area contributed by atoms with Crippen LogP contribution in [0.25, 0.3) is 16.9 Å². The summed E-state index contributed by atoms with van der Waals surface area (Å²) in [7, 11) is 3.15.